The van der Waals surface area contributed by atoms with E-state index in [4.69, 9.17) is 10.5 Å². The molecule has 30 heavy (non-hydrogen) atoms. The second-order valence-corrected chi connectivity index (χ2v) is 7.89. The number of nitrogens with two attached hydrogens (primary N) is 1. The van der Waals surface area contributed by atoms with Crippen LogP contribution in [-0.4, -0.2) is 16.6 Å². The van der Waals surface area contributed by atoms with Crippen molar-refractivity contribution in [1.82, 2.24) is 4.98 Å². The van der Waals surface area contributed by atoms with Crippen LogP contribution >= 0.6 is 0 Å². The highest BCUT2D eigenvalue weighted by Crippen LogP contribution is 2.30. The van der Waals surface area contributed by atoms with Gasteiger partial charge in [-0.15, -0.1) is 0 Å². The second-order valence-electron chi connectivity index (χ2n) is 7.89. The molecular weight excluding hydrogens is 370 g/mol. The Morgan fingerprint density at radius 2 is 1.77 bits per heavy atom. The van der Waals surface area contributed by atoms with Gasteiger partial charge in [0.2, 0.25) is 0 Å². The van der Waals surface area contributed by atoms with Crippen LogP contribution in [0.2, 0.25) is 0 Å². The Morgan fingerprint density at radius 1 is 0.967 bits per heavy atom. The summed E-state index contributed by atoms with van der Waals surface area (Å²) in [4.78, 5) is 4.41. The van der Waals surface area contributed by atoms with E-state index in [1.165, 1.54) is 0 Å². The average Bonchev–Trinajstić information content (AvgIpc) is 2.76. The number of pyridine rings is 1. The Balaban J connectivity index is 1.52. The molecule has 152 valence electrons. The van der Waals surface area contributed by atoms with Crippen molar-refractivity contribution in [3.8, 4) is 22.8 Å². The summed E-state index contributed by atoms with van der Waals surface area (Å²) in [6.07, 6.45) is 10.0. The van der Waals surface area contributed by atoms with Gasteiger partial charge >= 0.3 is 0 Å². The van der Waals surface area contributed by atoms with Gasteiger partial charge in [-0.05, 0) is 42.3 Å². The van der Waals surface area contributed by atoms with E-state index in [2.05, 4.69) is 36.3 Å². The third kappa shape index (κ3) is 4.29. The molecule has 4 rings (SSSR count). The number of aromatic nitrogens is 1. The van der Waals surface area contributed by atoms with E-state index in [-0.39, 0.29) is 6.04 Å². The lowest BCUT2D eigenvalue weighted by molar-refractivity contribution is 0.362. The van der Waals surface area contributed by atoms with Crippen LogP contribution < -0.4 is 15.8 Å². The molecule has 2 aromatic carbocycles. The molecule has 1 aromatic heterocycles. The second kappa shape index (κ2) is 8.56. The first-order valence-corrected chi connectivity index (χ1v) is 10.3. The van der Waals surface area contributed by atoms with Gasteiger partial charge in [0.25, 0.3) is 0 Å². The standard InChI is InChI=1S/C26H27N3O/c1-19(2)26(27)15-5-3-14-25(26)29-21-10-8-12-23(18-21)30-22-11-7-9-20(17-22)24-13-4-6-16-28-24/h3-19,25,29H,27H2,1-2H3. The van der Waals surface area contributed by atoms with E-state index < -0.39 is 5.54 Å². The lowest BCUT2D eigenvalue weighted by Crippen LogP contribution is -2.56. The molecule has 0 amide bonds. The molecule has 0 aliphatic heterocycles. The predicted octanol–water partition coefficient (Wildman–Crippen LogP) is 5.80. The summed E-state index contributed by atoms with van der Waals surface area (Å²) in [7, 11) is 0. The third-order valence-corrected chi connectivity index (χ3v) is 5.52. The van der Waals surface area contributed by atoms with Crippen LogP contribution in [0.4, 0.5) is 5.69 Å². The smallest absolute Gasteiger partial charge is 0.129 e. The molecule has 1 aliphatic rings. The van der Waals surface area contributed by atoms with Crippen LogP contribution in [0.5, 0.6) is 11.5 Å². The Morgan fingerprint density at radius 3 is 2.53 bits per heavy atom. The summed E-state index contributed by atoms with van der Waals surface area (Å²) in [5.74, 6) is 1.83. The fraction of sp³-hybridized carbons (Fsp3) is 0.192. The van der Waals surface area contributed by atoms with Gasteiger partial charge in [-0.3, -0.25) is 4.98 Å². The summed E-state index contributed by atoms with van der Waals surface area (Å²) >= 11 is 0. The van der Waals surface area contributed by atoms with Gasteiger partial charge < -0.3 is 15.8 Å². The van der Waals surface area contributed by atoms with E-state index in [1.807, 2.05) is 78.9 Å². The topological polar surface area (TPSA) is 60.2 Å². The average molecular weight is 398 g/mol. The highest BCUT2D eigenvalue weighted by Gasteiger charge is 2.35. The first-order valence-electron chi connectivity index (χ1n) is 10.3. The van der Waals surface area contributed by atoms with Crippen LogP contribution in [0.3, 0.4) is 0 Å². The first kappa shape index (κ1) is 19.9. The van der Waals surface area contributed by atoms with Crippen molar-refractivity contribution in [2.75, 3.05) is 5.32 Å². The molecule has 3 N–H and O–H groups in total. The molecule has 4 nitrogen and oxygen atoms in total. The van der Waals surface area contributed by atoms with Crippen LogP contribution in [0, 0.1) is 5.92 Å². The van der Waals surface area contributed by atoms with Gasteiger partial charge in [0, 0.05) is 23.5 Å². The molecule has 4 heteroatoms. The molecule has 0 saturated heterocycles. The Hall–Kier alpha value is -3.37. The maximum Gasteiger partial charge on any atom is 0.129 e. The molecule has 2 unspecified atom stereocenters. The van der Waals surface area contributed by atoms with Gasteiger partial charge in [0.1, 0.15) is 11.5 Å². The molecule has 2 atom stereocenters. The van der Waals surface area contributed by atoms with Crippen molar-refractivity contribution in [2.45, 2.75) is 25.4 Å². The molecule has 0 spiro atoms. The van der Waals surface area contributed by atoms with Crippen molar-refractivity contribution in [3.63, 3.8) is 0 Å². The number of ether oxygens (including phenoxy) is 1. The summed E-state index contributed by atoms with van der Waals surface area (Å²) in [6, 6.07) is 21.8. The number of nitrogens with zero attached hydrogens (tertiary/aromatic N) is 1. The predicted molar refractivity (Wildman–Crippen MR) is 124 cm³/mol. The first-order chi connectivity index (χ1) is 14.5. The number of hydrogen-bond acceptors (Lipinski definition) is 4. The van der Waals surface area contributed by atoms with Gasteiger partial charge in [-0.25, -0.2) is 0 Å². The van der Waals surface area contributed by atoms with Gasteiger partial charge in [-0.2, -0.15) is 0 Å². The quantitative estimate of drug-likeness (QED) is 0.552. The minimum absolute atomic E-state index is 0.00485. The maximum atomic E-state index is 6.69. The zero-order valence-corrected chi connectivity index (χ0v) is 17.3. The van der Waals surface area contributed by atoms with Crippen molar-refractivity contribution in [3.05, 3.63) is 97.2 Å². The molecule has 0 bridgehead atoms. The number of anilines is 1. The van der Waals surface area contributed by atoms with Crippen LogP contribution in [-0.2, 0) is 0 Å². The Bertz CT molecular complexity index is 1060. The number of hydrogen-bond donors (Lipinski definition) is 2. The van der Waals surface area contributed by atoms with Crippen LogP contribution in [0.1, 0.15) is 13.8 Å². The number of allylic oxidation sites excluding steroid dienone is 2. The monoisotopic (exact) mass is 397 g/mol. The minimum Gasteiger partial charge on any atom is -0.457 e. The lowest BCUT2D eigenvalue weighted by atomic mass is 9.78. The fourth-order valence-corrected chi connectivity index (χ4v) is 3.61. The van der Waals surface area contributed by atoms with E-state index >= 15 is 0 Å². The zero-order valence-electron chi connectivity index (χ0n) is 17.3. The summed E-state index contributed by atoms with van der Waals surface area (Å²) in [5, 5.41) is 3.56. The van der Waals surface area contributed by atoms with Crippen molar-refractivity contribution in [2.24, 2.45) is 11.7 Å². The van der Waals surface area contributed by atoms with Gasteiger partial charge in [0.15, 0.2) is 0 Å². The normalized spacial score (nSPS) is 20.3. The van der Waals surface area contributed by atoms with E-state index in [0.717, 1.165) is 28.4 Å². The van der Waals surface area contributed by atoms with Crippen molar-refractivity contribution >= 4 is 5.69 Å². The highest BCUT2D eigenvalue weighted by molar-refractivity contribution is 5.61. The number of nitrogens with one attached hydrogen (secondary N) is 1. The molecule has 1 heterocycles. The van der Waals surface area contributed by atoms with E-state index in [0.29, 0.717) is 5.92 Å². The molecular formula is C26H27N3O. The third-order valence-electron chi connectivity index (χ3n) is 5.52. The molecule has 0 fully saturated rings. The van der Waals surface area contributed by atoms with Crippen molar-refractivity contribution in [1.29, 1.82) is 0 Å². The van der Waals surface area contributed by atoms with Gasteiger partial charge in [-0.1, -0.05) is 62.4 Å². The van der Waals surface area contributed by atoms with Gasteiger partial charge in [0.05, 0.1) is 17.3 Å². The molecule has 3 aromatic rings. The zero-order chi connectivity index (χ0) is 21.0. The SMILES string of the molecule is CC(C)C1(N)C=CC=CC1Nc1cccc(Oc2cccc(-c3ccccn3)c2)c1. The number of rotatable bonds is 6. The summed E-state index contributed by atoms with van der Waals surface area (Å²) in [5.41, 5.74) is 9.15. The Labute approximate surface area is 178 Å². The van der Waals surface area contributed by atoms with E-state index in [1.54, 1.807) is 6.20 Å². The largest absolute Gasteiger partial charge is 0.457 e. The minimum atomic E-state index is -0.442. The highest BCUT2D eigenvalue weighted by atomic mass is 16.5. The maximum absolute atomic E-state index is 6.69. The number of benzene rings is 2. The summed E-state index contributed by atoms with van der Waals surface area (Å²) < 4.78 is 6.14. The fourth-order valence-electron chi connectivity index (χ4n) is 3.61. The Kier molecular flexibility index (Phi) is 5.68. The molecule has 1 aliphatic carbocycles. The lowest BCUT2D eigenvalue weighted by Gasteiger charge is -2.39. The molecule has 0 radical (unpaired) electrons. The summed E-state index contributed by atoms with van der Waals surface area (Å²) in [6.45, 7) is 4.29. The van der Waals surface area contributed by atoms with E-state index in [9.17, 15) is 0 Å². The van der Waals surface area contributed by atoms with Crippen LogP contribution in [0.25, 0.3) is 11.3 Å². The van der Waals surface area contributed by atoms with Crippen molar-refractivity contribution < 1.29 is 4.74 Å². The molecule has 0 saturated carbocycles. The van der Waals surface area contributed by atoms with Crippen LogP contribution in [0.15, 0.2) is 97.2 Å².